The first-order valence-electron chi connectivity index (χ1n) is 10.0. The molecule has 3 aromatic heterocycles. The molecule has 0 radical (unpaired) electrons. The maximum Gasteiger partial charge on any atom is 0.255 e. The number of carbonyl (C=O) groups is 1. The molecule has 1 aliphatic rings. The standard InChI is InChI=1S/C21H21FN6O3/c1-28-16-7-11(22)4-5-12(16)18(27-28)14-9-24-20-19(25-14)13(8-23-20)21(30)26-15(10-29)17-3-2-6-31-17/h4-5,7-9,15,17,29H,2-3,6,10H2,1H3,(H,23,24)(H,26,30). The maximum atomic E-state index is 13.6. The van der Waals surface area contributed by atoms with Crippen LogP contribution in [0.4, 0.5) is 4.39 Å². The molecule has 1 fully saturated rings. The number of carbonyl (C=O) groups excluding carboxylic acids is 1. The molecule has 4 heterocycles. The molecule has 1 saturated heterocycles. The van der Waals surface area contributed by atoms with E-state index in [1.165, 1.54) is 12.1 Å². The van der Waals surface area contributed by atoms with Crippen LogP contribution in [0.5, 0.6) is 0 Å². The molecular formula is C21H21FN6O3. The number of aromatic nitrogens is 5. The van der Waals surface area contributed by atoms with Crippen molar-refractivity contribution in [1.82, 2.24) is 30.0 Å². The monoisotopic (exact) mass is 424 g/mol. The summed E-state index contributed by atoms with van der Waals surface area (Å²) in [6.07, 6.45) is 4.59. The number of hydrogen-bond acceptors (Lipinski definition) is 6. The van der Waals surface area contributed by atoms with Gasteiger partial charge in [0.15, 0.2) is 5.65 Å². The van der Waals surface area contributed by atoms with Crippen LogP contribution >= 0.6 is 0 Å². The Morgan fingerprint density at radius 1 is 1.48 bits per heavy atom. The Bertz CT molecular complexity index is 1280. The molecule has 0 saturated carbocycles. The maximum absolute atomic E-state index is 13.6. The van der Waals surface area contributed by atoms with Crippen molar-refractivity contribution in [2.45, 2.75) is 25.0 Å². The number of ether oxygens (including phenoxy) is 1. The number of hydrogen-bond donors (Lipinski definition) is 3. The Morgan fingerprint density at radius 2 is 2.35 bits per heavy atom. The van der Waals surface area contributed by atoms with Gasteiger partial charge in [-0.1, -0.05) is 0 Å². The van der Waals surface area contributed by atoms with Crippen LogP contribution in [0.2, 0.25) is 0 Å². The van der Waals surface area contributed by atoms with Gasteiger partial charge in [0.1, 0.15) is 22.7 Å². The first kappa shape index (κ1) is 19.6. The summed E-state index contributed by atoms with van der Waals surface area (Å²) in [5, 5.41) is 17.7. The van der Waals surface area contributed by atoms with E-state index in [1.807, 2.05) is 0 Å². The van der Waals surface area contributed by atoms with Crippen molar-refractivity contribution < 1.29 is 19.0 Å². The molecule has 1 aliphatic heterocycles. The van der Waals surface area contributed by atoms with Crippen LogP contribution in [0, 0.1) is 5.82 Å². The summed E-state index contributed by atoms with van der Waals surface area (Å²) in [6, 6.07) is 3.93. The van der Waals surface area contributed by atoms with Gasteiger partial charge in [0, 0.05) is 25.2 Å². The molecular weight excluding hydrogens is 403 g/mol. The summed E-state index contributed by atoms with van der Waals surface area (Å²) >= 11 is 0. The van der Waals surface area contributed by atoms with Crippen molar-refractivity contribution in [3.63, 3.8) is 0 Å². The molecule has 1 amide bonds. The van der Waals surface area contributed by atoms with Crippen LogP contribution in [0.25, 0.3) is 33.5 Å². The molecule has 2 atom stereocenters. The zero-order valence-electron chi connectivity index (χ0n) is 16.8. The van der Waals surface area contributed by atoms with Gasteiger partial charge in [-0.05, 0) is 31.0 Å². The van der Waals surface area contributed by atoms with Gasteiger partial charge in [-0.2, -0.15) is 5.10 Å². The Kier molecular flexibility index (Phi) is 4.87. The van der Waals surface area contributed by atoms with E-state index in [0.717, 1.165) is 18.2 Å². The summed E-state index contributed by atoms with van der Waals surface area (Å²) in [4.78, 5) is 24.9. The number of fused-ring (bicyclic) bond motifs is 2. The van der Waals surface area contributed by atoms with E-state index in [0.29, 0.717) is 40.2 Å². The lowest BCUT2D eigenvalue weighted by molar-refractivity contribution is 0.0503. The number of aromatic amines is 1. The van der Waals surface area contributed by atoms with Crippen molar-refractivity contribution in [2.75, 3.05) is 13.2 Å². The molecule has 9 nitrogen and oxygen atoms in total. The van der Waals surface area contributed by atoms with Gasteiger partial charge in [-0.15, -0.1) is 0 Å². The predicted molar refractivity (Wildman–Crippen MR) is 111 cm³/mol. The van der Waals surface area contributed by atoms with Crippen molar-refractivity contribution >= 4 is 28.0 Å². The average molecular weight is 424 g/mol. The van der Waals surface area contributed by atoms with Crippen LogP contribution in [-0.4, -0.2) is 61.1 Å². The van der Waals surface area contributed by atoms with Gasteiger partial charge in [-0.3, -0.25) is 9.48 Å². The Hall–Kier alpha value is -3.37. The SMILES string of the molecule is Cn1nc(-c2cnc3[nH]cc(C(=O)NC(CO)C4CCCO4)c3n2)c2ccc(F)cc21. The van der Waals surface area contributed by atoms with Crippen LogP contribution in [0.3, 0.4) is 0 Å². The fourth-order valence-corrected chi connectivity index (χ4v) is 4.02. The van der Waals surface area contributed by atoms with Gasteiger partial charge in [0.05, 0.1) is 36.0 Å². The molecule has 0 bridgehead atoms. The van der Waals surface area contributed by atoms with Gasteiger partial charge < -0.3 is 20.1 Å². The summed E-state index contributed by atoms with van der Waals surface area (Å²) in [7, 11) is 1.73. The second kappa shape index (κ2) is 7.71. The number of rotatable bonds is 5. The number of benzene rings is 1. The highest BCUT2D eigenvalue weighted by Gasteiger charge is 2.28. The first-order valence-corrected chi connectivity index (χ1v) is 10.0. The van der Waals surface area contributed by atoms with Crippen molar-refractivity contribution in [3.05, 3.63) is 42.0 Å². The van der Waals surface area contributed by atoms with Gasteiger partial charge in [-0.25, -0.2) is 14.4 Å². The van der Waals surface area contributed by atoms with E-state index in [4.69, 9.17) is 4.74 Å². The third-order valence-corrected chi connectivity index (χ3v) is 5.61. The second-order valence-corrected chi connectivity index (χ2v) is 7.60. The van der Waals surface area contributed by atoms with E-state index >= 15 is 0 Å². The quantitative estimate of drug-likeness (QED) is 0.451. The summed E-state index contributed by atoms with van der Waals surface area (Å²) < 4.78 is 20.8. The minimum absolute atomic E-state index is 0.207. The van der Waals surface area contributed by atoms with E-state index in [-0.39, 0.29) is 24.4 Å². The van der Waals surface area contributed by atoms with Crippen LogP contribution in [0.15, 0.2) is 30.6 Å². The molecule has 0 aliphatic carbocycles. The van der Waals surface area contributed by atoms with E-state index in [1.54, 1.807) is 30.2 Å². The van der Waals surface area contributed by atoms with E-state index in [9.17, 15) is 14.3 Å². The van der Waals surface area contributed by atoms with Crippen molar-refractivity contribution in [3.8, 4) is 11.4 Å². The molecule has 10 heteroatoms. The summed E-state index contributed by atoms with van der Waals surface area (Å²) in [5.74, 6) is -0.724. The van der Waals surface area contributed by atoms with Gasteiger partial charge in [0.2, 0.25) is 0 Å². The predicted octanol–water partition coefficient (Wildman–Crippen LogP) is 1.92. The number of halogens is 1. The molecule has 160 valence electrons. The zero-order chi connectivity index (χ0) is 21.5. The van der Waals surface area contributed by atoms with Crippen LogP contribution < -0.4 is 5.32 Å². The molecule has 4 aromatic rings. The third kappa shape index (κ3) is 3.43. The van der Waals surface area contributed by atoms with Gasteiger partial charge in [0.25, 0.3) is 5.91 Å². The molecule has 31 heavy (non-hydrogen) atoms. The minimum Gasteiger partial charge on any atom is -0.394 e. The average Bonchev–Trinajstić information content (AvgIpc) is 3.51. The molecule has 5 rings (SSSR count). The minimum atomic E-state index is -0.495. The van der Waals surface area contributed by atoms with Crippen molar-refractivity contribution in [1.29, 1.82) is 0 Å². The van der Waals surface area contributed by atoms with E-state index in [2.05, 4.69) is 25.4 Å². The first-order chi connectivity index (χ1) is 15.0. The molecule has 2 unspecified atom stereocenters. The zero-order valence-corrected chi connectivity index (χ0v) is 16.8. The number of aliphatic hydroxyl groups is 1. The van der Waals surface area contributed by atoms with E-state index < -0.39 is 6.04 Å². The second-order valence-electron chi connectivity index (χ2n) is 7.60. The highest BCUT2D eigenvalue weighted by atomic mass is 19.1. The highest BCUT2D eigenvalue weighted by molar-refractivity contribution is 6.05. The fourth-order valence-electron chi connectivity index (χ4n) is 4.02. The third-order valence-electron chi connectivity index (χ3n) is 5.61. The number of aliphatic hydroxyl groups excluding tert-OH is 1. The largest absolute Gasteiger partial charge is 0.394 e. The number of nitrogens with one attached hydrogen (secondary N) is 2. The Labute approximate surface area is 176 Å². The lowest BCUT2D eigenvalue weighted by Gasteiger charge is -2.21. The van der Waals surface area contributed by atoms with Crippen LogP contribution in [-0.2, 0) is 11.8 Å². The smallest absolute Gasteiger partial charge is 0.255 e. The number of H-pyrrole nitrogens is 1. The molecule has 0 spiro atoms. The fraction of sp³-hybridized carbons (Fsp3) is 0.333. The lowest BCUT2D eigenvalue weighted by Crippen LogP contribution is -2.45. The van der Waals surface area contributed by atoms with Crippen molar-refractivity contribution in [2.24, 2.45) is 7.05 Å². The number of nitrogens with zero attached hydrogens (tertiary/aromatic N) is 4. The Morgan fingerprint density at radius 3 is 3.13 bits per heavy atom. The highest BCUT2D eigenvalue weighted by Crippen LogP contribution is 2.28. The summed E-state index contributed by atoms with van der Waals surface area (Å²) in [5.41, 5.74) is 2.80. The normalized spacial score (nSPS) is 17.5. The summed E-state index contributed by atoms with van der Waals surface area (Å²) in [6.45, 7) is 0.410. The number of amides is 1. The molecule has 3 N–H and O–H groups in total. The van der Waals surface area contributed by atoms with Gasteiger partial charge >= 0.3 is 0 Å². The topological polar surface area (TPSA) is 118 Å². The van der Waals surface area contributed by atoms with Crippen LogP contribution in [0.1, 0.15) is 23.2 Å². The molecule has 1 aromatic carbocycles. The Balaban J connectivity index is 1.51. The lowest BCUT2D eigenvalue weighted by atomic mass is 10.1. The number of aryl methyl sites for hydroxylation is 1.